The number of methoxy groups -OCH3 is 1. The summed E-state index contributed by atoms with van der Waals surface area (Å²) in [7, 11) is 3.41. The van der Waals surface area contributed by atoms with E-state index in [1.807, 2.05) is 25.2 Å². The summed E-state index contributed by atoms with van der Waals surface area (Å²) in [4.78, 5) is 18.0. The number of pyridine rings is 1. The van der Waals surface area contributed by atoms with Gasteiger partial charge in [0.25, 0.3) is 0 Å². The van der Waals surface area contributed by atoms with Crippen molar-refractivity contribution >= 4 is 29.1 Å². The molecule has 0 bridgehead atoms. The number of hydrogen-bond acceptors (Lipinski definition) is 7. The molecule has 4 aromatic rings. The van der Waals surface area contributed by atoms with E-state index in [-0.39, 0.29) is 11.7 Å². The van der Waals surface area contributed by atoms with Crippen LogP contribution in [0.3, 0.4) is 0 Å². The van der Waals surface area contributed by atoms with Crippen molar-refractivity contribution in [2.75, 3.05) is 24.8 Å². The smallest absolute Gasteiger partial charge is 0.229 e. The molecule has 1 unspecified atom stereocenters. The SMILES string of the molecule is CNc1nc(Nc2cnc(-n3cnc(Cl)c3)c(OC)c2)nc2c1CCC2c1ccc(F)cc1. The van der Waals surface area contributed by atoms with Crippen LogP contribution >= 0.6 is 11.6 Å². The van der Waals surface area contributed by atoms with Crippen molar-refractivity contribution in [3.8, 4) is 11.6 Å². The number of nitrogens with zero attached hydrogens (tertiary/aromatic N) is 5. The maximum absolute atomic E-state index is 13.4. The number of rotatable bonds is 6. The number of nitrogens with one attached hydrogen (secondary N) is 2. The van der Waals surface area contributed by atoms with Gasteiger partial charge in [-0.2, -0.15) is 4.98 Å². The molecule has 2 N–H and O–H groups in total. The average Bonchev–Trinajstić information content (AvgIpc) is 3.45. The molecule has 0 saturated carbocycles. The van der Waals surface area contributed by atoms with Crippen LogP contribution in [0.15, 0.2) is 49.1 Å². The van der Waals surface area contributed by atoms with Crippen LogP contribution in [-0.4, -0.2) is 38.7 Å². The lowest BCUT2D eigenvalue weighted by molar-refractivity contribution is 0.411. The summed E-state index contributed by atoms with van der Waals surface area (Å²) in [5, 5.41) is 6.77. The number of anilines is 3. The standard InChI is InChI=1S/C23H21ClFN7O/c1-26-21-17-8-7-16(13-3-5-14(25)6-4-13)20(17)30-23(31-21)29-15-9-18(33-2)22(27-10-15)32-11-19(24)28-12-32/h3-6,9-12,16H,7-8H2,1-2H3,(H2,26,29,30,31). The topological polar surface area (TPSA) is 89.8 Å². The Balaban J connectivity index is 1.48. The van der Waals surface area contributed by atoms with Gasteiger partial charge in [0.05, 0.1) is 24.7 Å². The van der Waals surface area contributed by atoms with Gasteiger partial charge in [-0.1, -0.05) is 23.7 Å². The molecular formula is C23H21ClFN7O. The Morgan fingerprint density at radius 3 is 2.70 bits per heavy atom. The summed E-state index contributed by atoms with van der Waals surface area (Å²) in [5.74, 6) is 2.14. The van der Waals surface area contributed by atoms with E-state index in [0.29, 0.717) is 28.4 Å². The predicted molar refractivity (Wildman–Crippen MR) is 124 cm³/mol. The normalized spacial score (nSPS) is 14.7. The third-order valence-electron chi connectivity index (χ3n) is 5.67. The highest BCUT2D eigenvalue weighted by Gasteiger charge is 2.29. The fraction of sp³-hybridized carbons (Fsp3) is 0.217. The summed E-state index contributed by atoms with van der Waals surface area (Å²) in [6.45, 7) is 0. The lowest BCUT2D eigenvalue weighted by Gasteiger charge is -2.15. The van der Waals surface area contributed by atoms with E-state index in [9.17, 15) is 4.39 Å². The number of fused-ring (bicyclic) bond motifs is 1. The van der Waals surface area contributed by atoms with E-state index in [4.69, 9.17) is 21.3 Å². The molecule has 1 aliphatic carbocycles. The molecule has 0 amide bonds. The first-order valence-electron chi connectivity index (χ1n) is 10.4. The van der Waals surface area contributed by atoms with E-state index >= 15 is 0 Å². The Kier molecular flexibility index (Phi) is 5.55. The lowest BCUT2D eigenvalue weighted by atomic mass is 9.97. The van der Waals surface area contributed by atoms with Crippen molar-refractivity contribution in [3.05, 3.63) is 76.8 Å². The van der Waals surface area contributed by atoms with Crippen molar-refractivity contribution in [1.82, 2.24) is 24.5 Å². The highest BCUT2D eigenvalue weighted by Crippen LogP contribution is 2.40. The van der Waals surface area contributed by atoms with Crippen molar-refractivity contribution in [3.63, 3.8) is 0 Å². The Morgan fingerprint density at radius 2 is 2.00 bits per heavy atom. The number of halogens is 2. The minimum Gasteiger partial charge on any atom is -0.493 e. The van der Waals surface area contributed by atoms with Gasteiger partial charge in [-0.15, -0.1) is 0 Å². The molecule has 1 atom stereocenters. The summed E-state index contributed by atoms with van der Waals surface area (Å²) >= 11 is 5.93. The lowest BCUT2D eigenvalue weighted by Crippen LogP contribution is -2.08. The van der Waals surface area contributed by atoms with Crippen molar-refractivity contribution in [1.29, 1.82) is 0 Å². The summed E-state index contributed by atoms with van der Waals surface area (Å²) < 4.78 is 20.6. The zero-order valence-electron chi connectivity index (χ0n) is 18.0. The first-order chi connectivity index (χ1) is 16.1. The van der Waals surface area contributed by atoms with Crippen LogP contribution in [0.1, 0.15) is 29.2 Å². The van der Waals surface area contributed by atoms with Gasteiger partial charge in [-0.3, -0.25) is 4.57 Å². The molecule has 168 valence electrons. The van der Waals surface area contributed by atoms with Crippen LogP contribution < -0.4 is 15.4 Å². The van der Waals surface area contributed by atoms with E-state index in [1.54, 1.807) is 30.4 Å². The van der Waals surface area contributed by atoms with Crippen LogP contribution in [0.25, 0.3) is 5.82 Å². The van der Waals surface area contributed by atoms with E-state index in [1.165, 1.54) is 12.1 Å². The molecule has 5 rings (SSSR count). The van der Waals surface area contributed by atoms with Gasteiger partial charge in [0.2, 0.25) is 5.95 Å². The molecule has 8 nitrogen and oxygen atoms in total. The molecule has 3 aromatic heterocycles. The highest BCUT2D eigenvalue weighted by atomic mass is 35.5. The molecule has 0 saturated heterocycles. The van der Waals surface area contributed by atoms with Crippen molar-refractivity contribution < 1.29 is 9.13 Å². The van der Waals surface area contributed by atoms with Crippen molar-refractivity contribution in [2.24, 2.45) is 0 Å². The molecule has 3 heterocycles. The van der Waals surface area contributed by atoms with Gasteiger partial charge in [-0.25, -0.2) is 19.3 Å². The van der Waals surface area contributed by atoms with Gasteiger partial charge >= 0.3 is 0 Å². The van der Waals surface area contributed by atoms with Gasteiger partial charge in [-0.05, 0) is 30.5 Å². The van der Waals surface area contributed by atoms with Crippen LogP contribution in [0.5, 0.6) is 5.75 Å². The van der Waals surface area contributed by atoms with Crippen LogP contribution in [0.4, 0.5) is 21.8 Å². The van der Waals surface area contributed by atoms with E-state index in [2.05, 4.69) is 25.6 Å². The van der Waals surface area contributed by atoms with Crippen LogP contribution in [0.2, 0.25) is 5.15 Å². The first-order valence-corrected chi connectivity index (χ1v) is 10.8. The average molecular weight is 466 g/mol. The maximum atomic E-state index is 13.4. The predicted octanol–water partition coefficient (Wildman–Crippen LogP) is 4.72. The largest absolute Gasteiger partial charge is 0.493 e. The minimum absolute atomic E-state index is 0.0808. The molecule has 0 radical (unpaired) electrons. The molecular weight excluding hydrogens is 445 g/mol. The summed E-state index contributed by atoms with van der Waals surface area (Å²) in [6, 6.07) is 8.42. The van der Waals surface area contributed by atoms with Gasteiger partial charge in [0.1, 0.15) is 23.1 Å². The molecule has 1 aromatic carbocycles. The van der Waals surface area contributed by atoms with Crippen molar-refractivity contribution in [2.45, 2.75) is 18.8 Å². The summed E-state index contributed by atoms with van der Waals surface area (Å²) in [5.41, 5.74) is 3.72. The Hall–Kier alpha value is -3.72. The van der Waals surface area contributed by atoms with Gasteiger partial charge < -0.3 is 15.4 Å². The zero-order chi connectivity index (χ0) is 22.9. The zero-order valence-corrected chi connectivity index (χ0v) is 18.8. The second-order valence-electron chi connectivity index (χ2n) is 7.63. The van der Waals surface area contributed by atoms with Gasteiger partial charge in [0, 0.05) is 30.8 Å². The number of imidazole rings is 1. The molecule has 33 heavy (non-hydrogen) atoms. The molecule has 10 heteroatoms. The molecule has 1 aliphatic rings. The van der Waals surface area contributed by atoms with E-state index < -0.39 is 0 Å². The Labute approximate surface area is 194 Å². The molecule has 0 spiro atoms. The summed E-state index contributed by atoms with van der Waals surface area (Å²) in [6.07, 6.45) is 6.63. The number of benzene rings is 1. The second-order valence-corrected chi connectivity index (χ2v) is 8.02. The number of hydrogen-bond donors (Lipinski definition) is 2. The van der Waals surface area contributed by atoms with E-state index in [0.717, 1.165) is 35.5 Å². The van der Waals surface area contributed by atoms with Gasteiger partial charge in [0.15, 0.2) is 11.6 Å². The molecule has 0 aliphatic heterocycles. The monoisotopic (exact) mass is 465 g/mol. The Bertz CT molecular complexity index is 1310. The number of aromatic nitrogens is 5. The number of ether oxygens (including phenoxy) is 1. The minimum atomic E-state index is -0.249. The second kappa shape index (κ2) is 8.67. The van der Waals surface area contributed by atoms with Crippen LogP contribution in [-0.2, 0) is 6.42 Å². The first kappa shape index (κ1) is 21.1. The maximum Gasteiger partial charge on any atom is 0.229 e. The third kappa shape index (κ3) is 4.07. The molecule has 0 fully saturated rings. The third-order valence-corrected chi connectivity index (χ3v) is 5.86. The Morgan fingerprint density at radius 1 is 1.18 bits per heavy atom. The highest BCUT2D eigenvalue weighted by molar-refractivity contribution is 6.29. The fourth-order valence-electron chi connectivity index (χ4n) is 4.14. The fourth-order valence-corrected chi connectivity index (χ4v) is 4.29. The van der Waals surface area contributed by atoms with Crippen LogP contribution in [0, 0.1) is 5.82 Å². The quantitative estimate of drug-likeness (QED) is 0.425.